The molecule has 0 radical (unpaired) electrons. The summed E-state index contributed by atoms with van der Waals surface area (Å²) in [4.78, 5) is 37.5. The zero-order valence-corrected chi connectivity index (χ0v) is 18.4. The minimum Gasteiger partial charge on any atom is -0.507 e. The fraction of sp³-hybridized carbons (Fsp3) is 0.304. The van der Waals surface area contributed by atoms with Gasteiger partial charge in [0.25, 0.3) is 17.4 Å². The molecule has 0 spiro atoms. The van der Waals surface area contributed by atoms with Gasteiger partial charge in [-0.1, -0.05) is 23.7 Å². The van der Waals surface area contributed by atoms with E-state index in [0.717, 1.165) is 0 Å². The molecule has 1 amide bonds. The third-order valence-corrected chi connectivity index (χ3v) is 5.32. The second-order valence-corrected chi connectivity index (χ2v) is 8.06. The van der Waals surface area contributed by atoms with E-state index < -0.39 is 22.7 Å². The number of non-ortho nitro benzene ring substituents is 1. The summed E-state index contributed by atoms with van der Waals surface area (Å²) in [6.45, 7) is 4.48. The summed E-state index contributed by atoms with van der Waals surface area (Å²) in [5.41, 5.74) is 0.593. The number of ether oxygens (including phenoxy) is 1. The van der Waals surface area contributed by atoms with Gasteiger partial charge in [-0.05, 0) is 50.1 Å². The molecule has 32 heavy (non-hydrogen) atoms. The summed E-state index contributed by atoms with van der Waals surface area (Å²) in [5.74, 6) is -1.93. The summed E-state index contributed by atoms with van der Waals surface area (Å²) >= 11 is 6.00. The van der Waals surface area contributed by atoms with Crippen LogP contribution in [-0.4, -0.2) is 45.9 Å². The molecule has 1 aliphatic heterocycles. The van der Waals surface area contributed by atoms with Crippen molar-refractivity contribution in [3.8, 4) is 0 Å². The number of hydrogen-bond donors (Lipinski definition) is 1. The van der Waals surface area contributed by atoms with Gasteiger partial charge >= 0.3 is 0 Å². The quantitative estimate of drug-likeness (QED) is 0.156. The normalized spacial score (nSPS) is 17.9. The maximum atomic E-state index is 12.9. The first-order chi connectivity index (χ1) is 15.2. The molecule has 0 aliphatic carbocycles. The molecule has 1 saturated heterocycles. The highest BCUT2D eigenvalue weighted by molar-refractivity contribution is 6.46. The zero-order chi connectivity index (χ0) is 23.4. The highest BCUT2D eigenvalue weighted by Gasteiger charge is 2.45. The van der Waals surface area contributed by atoms with E-state index >= 15 is 0 Å². The minimum atomic E-state index is -0.818. The van der Waals surface area contributed by atoms with Crippen molar-refractivity contribution in [1.29, 1.82) is 0 Å². The molecular formula is C23H23ClN2O6. The Labute approximate surface area is 190 Å². The fourth-order valence-electron chi connectivity index (χ4n) is 3.55. The van der Waals surface area contributed by atoms with Gasteiger partial charge in [-0.3, -0.25) is 19.7 Å². The average molecular weight is 459 g/mol. The van der Waals surface area contributed by atoms with Gasteiger partial charge in [0.1, 0.15) is 5.76 Å². The number of halogens is 1. The SMILES string of the molecule is CC(C)OCCCN1C(=O)C(=O)C(=C(O)c2ccc([N+](=O)[O-])cc2)[C@H]1c1ccc(Cl)cc1. The molecule has 0 unspecified atom stereocenters. The van der Waals surface area contributed by atoms with E-state index in [1.54, 1.807) is 24.3 Å². The van der Waals surface area contributed by atoms with Gasteiger partial charge in [0.2, 0.25) is 0 Å². The third kappa shape index (κ3) is 4.98. The monoisotopic (exact) mass is 458 g/mol. The maximum Gasteiger partial charge on any atom is 0.295 e. The lowest BCUT2D eigenvalue weighted by molar-refractivity contribution is -0.384. The number of Topliss-reactive ketones (excluding diaryl/α,β-unsaturated/α-hetero) is 1. The molecule has 0 bridgehead atoms. The number of ketones is 1. The fourth-order valence-corrected chi connectivity index (χ4v) is 3.68. The van der Waals surface area contributed by atoms with E-state index in [4.69, 9.17) is 16.3 Å². The lowest BCUT2D eigenvalue weighted by atomic mass is 9.95. The standard InChI is InChI=1S/C23H23ClN2O6/c1-14(2)32-13-3-12-25-20(15-4-8-17(24)9-5-15)19(22(28)23(25)29)21(27)16-6-10-18(11-7-16)26(30)31/h4-11,14,20,27H,3,12-13H2,1-2H3/t20-/m1/s1. The Morgan fingerprint density at radius 1 is 1.16 bits per heavy atom. The smallest absolute Gasteiger partial charge is 0.295 e. The molecule has 0 aromatic heterocycles. The molecule has 3 rings (SSSR count). The van der Waals surface area contributed by atoms with Crippen LogP contribution in [0.5, 0.6) is 0 Å². The van der Waals surface area contributed by atoms with Crippen LogP contribution in [0.3, 0.4) is 0 Å². The number of nitro benzene ring substituents is 1. The average Bonchev–Trinajstić information content (AvgIpc) is 3.01. The third-order valence-electron chi connectivity index (χ3n) is 5.07. The number of hydrogen-bond acceptors (Lipinski definition) is 6. The Morgan fingerprint density at radius 2 is 1.78 bits per heavy atom. The number of aliphatic hydroxyl groups is 1. The summed E-state index contributed by atoms with van der Waals surface area (Å²) < 4.78 is 5.54. The molecule has 1 heterocycles. The number of carbonyl (C=O) groups excluding carboxylic acids is 2. The van der Waals surface area contributed by atoms with Gasteiger partial charge in [-0.15, -0.1) is 0 Å². The van der Waals surface area contributed by atoms with E-state index in [2.05, 4.69) is 0 Å². The van der Waals surface area contributed by atoms with Crippen molar-refractivity contribution in [2.75, 3.05) is 13.2 Å². The van der Waals surface area contributed by atoms with Crippen LogP contribution in [0.4, 0.5) is 5.69 Å². The van der Waals surface area contributed by atoms with Crippen molar-refractivity contribution in [3.63, 3.8) is 0 Å². The first-order valence-electron chi connectivity index (χ1n) is 10.1. The number of nitro groups is 1. The Kier molecular flexibility index (Phi) is 7.27. The van der Waals surface area contributed by atoms with Crippen molar-refractivity contribution >= 4 is 34.7 Å². The molecule has 0 saturated carbocycles. The molecule has 1 atom stereocenters. The summed E-state index contributed by atoms with van der Waals surface area (Å²) in [5, 5.41) is 22.4. The van der Waals surface area contributed by atoms with E-state index in [0.29, 0.717) is 23.6 Å². The first-order valence-corrected chi connectivity index (χ1v) is 10.5. The minimum absolute atomic E-state index is 0.0413. The van der Waals surface area contributed by atoms with Crippen molar-refractivity contribution in [2.24, 2.45) is 0 Å². The summed E-state index contributed by atoms with van der Waals surface area (Å²) in [6, 6.07) is 11.0. The van der Waals surface area contributed by atoms with Crippen LogP contribution >= 0.6 is 11.6 Å². The van der Waals surface area contributed by atoms with E-state index in [-0.39, 0.29) is 35.2 Å². The van der Waals surface area contributed by atoms with Crippen LogP contribution < -0.4 is 0 Å². The molecule has 8 nitrogen and oxygen atoms in total. The lowest BCUT2D eigenvalue weighted by Gasteiger charge is -2.25. The van der Waals surface area contributed by atoms with Gasteiger partial charge in [0.15, 0.2) is 0 Å². The van der Waals surface area contributed by atoms with E-state index in [1.165, 1.54) is 29.2 Å². The Balaban J connectivity index is 2.02. The number of likely N-dealkylation sites (tertiary alicyclic amines) is 1. The lowest BCUT2D eigenvalue weighted by Crippen LogP contribution is -2.31. The second-order valence-electron chi connectivity index (χ2n) is 7.62. The number of aliphatic hydroxyl groups excluding tert-OH is 1. The highest BCUT2D eigenvalue weighted by atomic mass is 35.5. The Morgan fingerprint density at radius 3 is 2.34 bits per heavy atom. The first kappa shape index (κ1) is 23.4. The molecule has 1 N–H and O–H groups in total. The molecular weight excluding hydrogens is 436 g/mol. The number of nitrogens with zero attached hydrogens (tertiary/aromatic N) is 2. The summed E-state index contributed by atoms with van der Waals surface area (Å²) in [7, 11) is 0. The van der Waals surface area contributed by atoms with Crippen molar-refractivity contribution < 1.29 is 24.4 Å². The molecule has 168 valence electrons. The molecule has 2 aromatic carbocycles. The van der Waals surface area contributed by atoms with Gasteiger partial charge in [0, 0.05) is 35.9 Å². The topological polar surface area (TPSA) is 110 Å². The van der Waals surface area contributed by atoms with Crippen LogP contribution in [0.1, 0.15) is 37.4 Å². The predicted molar refractivity (Wildman–Crippen MR) is 119 cm³/mol. The van der Waals surface area contributed by atoms with Gasteiger partial charge < -0.3 is 14.7 Å². The number of amides is 1. The Bertz CT molecular complexity index is 1050. The van der Waals surface area contributed by atoms with Gasteiger partial charge in [-0.2, -0.15) is 0 Å². The van der Waals surface area contributed by atoms with Crippen LogP contribution in [0, 0.1) is 10.1 Å². The Hall–Kier alpha value is -3.23. The van der Waals surface area contributed by atoms with Crippen molar-refractivity contribution in [1.82, 2.24) is 4.90 Å². The number of carbonyl (C=O) groups is 2. The van der Waals surface area contributed by atoms with E-state index in [9.17, 15) is 24.8 Å². The van der Waals surface area contributed by atoms with Gasteiger partial charge in [0.05, 0.1) is 22.6 Å². The van der Waals surface area contributed by atoms with Gasteiger partial charge in [-0.25, -0.2) is 0 Å². The highest BCUT2D eigenvalue weighted by Crippen LogP contribution is 2.39. The van der Waals surface area contributed by atoms with Crippen LogP contribution in [0.25, 0.3) is 5.76 Å². The van der Waals surface area contributed by atoms with Crippen LogP contribution in [0.15, 0.2) is 54.1 Å². The van der Waals surface area contributed by atoms with Crippen LogP contribution in [-0.2, 0) is 14.3 Å². The molecule has 9 heteroatoms. The predicted octanol–water partition coefficient (Wildman–Crippen LogP) is 4.49. The number of benzene rings is 2. The largest absolute Gasteiger partial charge is 0.507 e. The maximum absolute atomic E-state index is 12.9. The molecule has 1 fully saturated rings. The summed E-state index contributed by atoms with van der Waals surface area (Å²) in [6.07, 6.45) is 0.548. The zero-order valence-electron chi connectivity index (χ0n) is 17.7. The molecule has 2 aromatic rings. The van der Waals surface area contributed by atoms with Crippen LogP contribution in [0.2, 0.25) is 5.02 Å². The molecule has 1 aliphatic rings. The van der Waals surface area contributed by atoms with Crippen molar-refractivity contribution in [2.45, 2.75) is 32.4 Å². The number of rotatable bonds is 8. The van der Waals surface area contributed by atoms with Crippen molar-refractivity contribution in [3.05, 3.63) is 80.4 Å². The second kappa shape index (κ2) is 9.93. The van der Waals surface area contributed by atoms with E-state index in [1.807, 2.05) is 13.8 Å².